The number of rotatable bonds is 4. The fourth-order valence-corrected chi connectivity index (χ4v) is 2.53. The number of carbonyl (C=O) groups is 1. The van der Waals surface area contributed by atoms with Crippen molar-refractivity contribution in [1.29, 1.82) is 0 Å². The lowest BCUT2D eigenvalue weighted by molar-refractivity contribution is -0.160. The van der Waals surface area contributed by atoms with Crippen LogP contribution in [0.4, 0.5) is 0 Å². The molecule has 0 bridgehead atoms. The number of esters is 1. The summed E-state index contributed by atoms with van der Waals surface area (Å²) in [6.07, 6.45) is -1.54. The molecule has 7 heteroatoms. The number of ether oxygens (including phenoxy) is 3. The van der Waals surface area contributed by atoms with Gasteiger partial charge in [0.15, 0.2) is 17.6 Å². The van der Waals surface area contributed by atoms with E-state index in [-0.39, 0.29) is 12.5 Å². The molecule has 0 radical (unpaired) electrons. The minimum absolute atomic E-state index is 0.0850. The van der Waals surface area contributed by atoms with Crippen LogP contribution in [0.2, 0.25) is 0 Å². The van der Waals surface area contributed by atoms with Gasteiger partial charge in [0.1, 0.15) is 6.61 Å². The number of aromatic nitrogens is 2. The molecule has 2 heterocycles. The number of para-hydroxylation sites is 2. The highest BCUT2D eigenvalue weighted by Gasteiger charge is 2.31. The maximum Gasteiger partial charge on any atom is 0.351 e. The average Bonchev–Trinajstić information content (AvgIpc) is 3.18. The summed E-state index contributed by atoms with van der Waals surface area (Å²) < 4.78 is 22.2. The number of benzene rings is 2. The minimum atomic E-state index is -0.844. The van der Waals surface area contributed by atoms with Crippen molar-refractivity contribution in [3.05, 3.63) is 60.5 Å². The van der Waals surface area contributed by atoms with Crippen LogP contribution >= 0.6 is 0 Å². The SMILES string of the molecule is C[C@@H](OC(=O)[C@H]1COc2ccccc2O1)c1nnc(-c2ccccc2)o1. The first-order valence-corrected chi connectivity index (χ1v) is 8.18. The molecule has 1 aromatic heterocycles. The summed E-state index contributed by atoms with van der Waals surface area (Å²) in [4.78, 5) is 12.4. The number of fused-ring (bicyclic) bond motifs is 1. The van der Waals surface area contributed by atoms with Gasteiger partial charge < -0.3 is 18.6 Å². The molecule has 0 spiro atoms. The Morgan fingerprint density at radius 3 is 2.62 bits per heavy atom. The summed E-state index contributed by atoms with van der Waals surface area (Å²) in [5, 5.41) is 7.95. The molecule has 1 aliphatic rings. The van der Waals surface area contributed by atoms with E-state index in [4.69, 9.17) is 18.6 Å². The van der Waals surface area contributed by atoms with Crippen LogP contribution in [-0.4, -0.2) is 28.9 Å². The lowest BCUT2D eigenvalue weighted by atomic mass is 10.2. The second-order valence-electron chi connectivity index (χ2n) is 5.75. The van der Waals surface area contributed by atoms with Crippen molar-refractivity contribution in [3.63, 3.8) is 0 Å². The number of hydrogen-bond donors (Lipinski definition) is 0. The smallest absolute Gasteiger partial charge is 0.351 e. The van der Waals surface area contributed by atoms with E-state index in [0.717, 1.165) is 5.56 Å². The van der Waals surface area contributed by atoms with Crippen LogP contribution in [-0.2, 0) is 9.53 Å². The Morgan fingerprint density at radius 2 is 1.81 bits per heavy atom. The van der Waals surface area contributed by atoms with Crippen LogP contribution in [0.1, 0.15) is 18.9 Å². The fraction of sp³-hybridized carbons (Fsp3) is 0.211. The van der Waals surface area contributed by atoms with E-state index in [0.29, 0.717) is 17.4 Å². The van der Waals surface area contributed by atoms with Crippen molar-refractivity contribution in [2.45, 2.75) is 19.1 Å². The van der Waals surface area contributed by atoms with Crippen LogP contribution in [0.5, 0.6) is 11.5 Å². The summed E-state index contributed by atoms with van der Waals surface area (Å²) in [6.45, 7) is 1.75. The van der Waals surface area contributed by atoms with Gasteiger partial charge in [-0.05, 0) is 31.2 Å². The van der Waals surface area contributed by atoms with E-state index in [1.807, 2.05) is 42.5 Å². The van der Waals surface area contributed by atoms with Crippen molar-refractivity contribution in [2.24, 2.45) is 0 Å². The first-order valence-electron chi connectivity index (χ1n) is 8.18. The zero-order chi connectivity index (χ0) is 17.9. The molecule has 3 aromatic rings. The standard InChI is InChI=1S/C19H16N2O5/c1-12(17-20-21-18(26-17)13-7-3-2-4-8-13)24-19(22)16-11-23-14-9-5-6-10-15(14)25-16/h2-10,12,16H,11H2,1H3/t12-,16-/m1/s1. The summed E-state index contributed by atoms with van der Waals surface area (Å²) in [5.41, 5.74) is 0.797. The van der Waals surface area contributed by atoms with Crippen molar-refractivity contribution in [3.8, 4) is 23.0 Å². The molecule has 0 aliphatic carbocycles. The zero-order valence-electron chi connectivity index (χ0n) is 14.0. The van der Waals surface area contributed by atoms with E-state index < -0.39 is 18.2 Å². The zero-order valence-corrected chi connectivity index (χ0v) is 14.0. The Kier molecular flexibility index (Phi) is 4.27. The number of nitrogens with zero attached hydrogens (tertiary/aromatic N) is 2. The van der Waals surface area contributed by atoms with Crippen molar-refractivity contribution in [1.82, 2.24) is 10.2 Å². The second kappa shape index (κ2) is 6.87. The van der Waals surface area contributed by atoms with Crippen molar-refractivity contribution >= 4 is 5.97 Å². The molecule has 0 fully saturated rings. The maximum atomic E-state index is 12.4. The molecule has 1 aliphatic heterocycles. The van der Waals surface area contributed by atoms with E-state index in [1.165, 1.54) is 0 Å². The Labute approximate surface area is 149 Å². The third-order valence-corrected chi connectivity index (χ3v) is 3.87. The van der Waals surface area contributed by atoms with Crippen LogP contribution in [0, 0.1) is 0 Å². The van der Waals surface area contributed by atoms with Gasteiger partial charge in [-0.15, -0.1) is 10.2 Å². The molecule has 7 nitrogen and oxygen atoms in total. The molecule has 26 heavy (non-hydrogen) atoms. The Bertz CT molecular complexity index is 909. The highest BCUT2D eigenvalue weighted by molar-refractivity contribution is 5.76. The quantitative estimate of drug-likeness (QED) is 0.667. The fourth-order valence-electron chi connectivity index (χ4n) is 2.53. The third kappa shape index (κ3) is 3.23. The van der Waals surface area contributed by atoms with Crippen LogP contribution in [0.15, 0.2) is 59.0 Å². The van der Waals surface area contributed by atoms with Gasteiger partial charge in [0.2, 0.25) is 12.0 Å². The summed E-state index contributed by atoms with van der Waals surface area (Å²) in [7, 11) is 0. The van der Waals surface area contributed by atoms with Gasteiger partial charge >= 0.3 is 5.97 Å². The Morgan fingerprint density at radius 1 is 1.08 bits per heavy atom. The van der Waals surface area contributed by atoms with E-state index >= 15 is 0 Å². The average molecular weight is 352 g/mol. The van der Waals surface area contributed by atoms with Gasteiger partial charge in [-0.2, -0.15) is 0 Å². The van der Waals surface area contributed by atoms with Gasteiger partial charge in [0.05, 0.1) is 0 Å². The largest absolute Gasteiger partial charge is 0.485 e. The normalized spacial score (nSPS) is 16.7. The van der Waals surface area contributed by atoms with E-state index in [1.54, 1.807) is 19.1 Å². The highest BCUT2D eigenvalue weighted by atomic mass is 16.6. The summed E-state index contributed by atoms with van der Waals surface area (Å²) in [6, 6.07) is 16.5. The lowest BCUT2D eigenvalue weighted by Gasteiger charge is -2.25. The highest BCUT2D eigenvalue weighted by Crippen LogP contribution is 2.31. The van der Waals surface area contributed by atoms with E-state index in [2.05, 4.69) is 10.2 Å². The molecule has 132 valence electrons. The van der Waals surface area contributed by atoms with Gasteiger partial charge in [0.25, 0.3) is 5.89 Å². The predicted octanol–water partition coefficient (Wildman–Crippen LogP) is 3.18. The van der Waals surface area contributed by atoms with Crippen LogP contribution in [0.25, 0.3) is 11.5 Å². The van der Waals surface area contributed by atoms with Gasteiger partial charge in [-0.25, -0.2) is 4.79 Å². The third-order valence-electron chi connectivity index (χ3n) is 3.87. The molecule has 2 aromatic carbocycles. The van der Waals surface area contributed by atoms with Gasteiger partial charge in [0, 0.05) is 5.56 Å². The van der Waals surface area contributed by atoms with Crippen molar-refractivity contribution in [2.75, 3.05) is 6.61 Å². The molecular weight excluding hydrogens is 336 g/mol. The van der Waals surface area contributed by atoms with Crippen LogP contribution < -0.4 is 9.47 Å². The number of carbonyl (C=O) groups excluding carboxylic acids is 1. The molecule has 2 atom stereocenters. The summed E-state index contributed by atoms with van der Waals surface area (Å²) >= 11 is 0. The molecule has 0 saturated heterocycles. The molecular formula is C19H16N2O5. The maximum absolute atomic E-state index is 12.4. The Hall–Kier alpha value is -3.35. The lowest BCUT2D eigenvalue weighted by Crippen LogP contribution is -2.38. The van der Waals surface area contributed by atoms with Gasteiger partial charge in [-0.3, -0.25) is 0 Å². The van der Waals surface area contributed by atoms with Gasteiger partial charge in [-0.1, -0.05) is 30.3 Å². The first-order chi connectivity index (χ1) is 12.7. The predicted molar refractivity (Wildman–Crippen MR) is 90.6 cm³/mol. The summed E-state index contributed by atoms with van der Waals surface area (Å²) in [5.74, 6) is 1.15. The second-order valence-corrected chi connectivity index (χ2v) is 5.75. The molecule has 0 N–H and O–H groups in total. The molecule has 0 saturated carbocycles. The topological polar surface area (TPSA) is 83.7 Å². The molecule has 0 unspecified atom stereocenters. The number of hydrogen-bond acceptors (Lipinski definition) is 7. The Balaban J connectivity index is 1.41. The minimum Gasteiger partial charge on any atom is -0.485 e. The molecule has 0 amide bonds. The first kappa shape index (κ1) is 16.1. The van der Waals surface area contributed by atoms with E-state index in [9.17, 15) is 4.79 Å². The van der Waals surface area contributed by atoms with Crippen molar-refractivity contribution < 1.29 is 23.4 Å². The monoisotopic (exact) mass is 352 g/mol. The van der Waals surface area contributed by atoms with Crippen LogP contribution in [0.3, 0.4) is 0 Å². The molecule has 4 rings (SSSR count).